The normalized spacial score (nSPS) is 16.8. The highest BCUT2D eigenvalue weighted by Crippen LogP contribution is 2.46. The number of hydrogen-bond donors (Lipinski definition) is 1. The molecule has 2 aromatic heterocycles. The Balaban J connectivity index is 1.72. The van der Waals surface area contributed by atoms with Crippen molar-refractivity contribution >= 4 is 38.9 Å². The molecule has 5 rings (SSSR count). The molecule has 0 saturated carbocycles. The molecule has 0 aliphatic carbocycles. The summed E-state index contributed by atoms with van der Waals surface area (Å²) in [6, 6.07) is 20.7. The maximum Gasteiger partial charge on any atom is 0.295 e. The van der Waals surface area contributed by atoms with Crippen molar-refractivity contribution in [3.63, 3.8) is 0 Å². The van der Waals surface area contributed by atoms with Crippen LogP contribution in [0.5, 0.6) is 0 Å². The van der Waals surface area contributed by atoms with Gasteiger partial charge >= 0.3 is 0 Å². The molecule has 0 bridgehead atoms. The van der Waals surface area contributed by atoms with Crippen LogP contribution >= 0.6 is 11.3 Å². The van der Waals surface area contributed by atoms with Gasteiger partial charge in [-0.05, 0) is 36.8 Å². The summed E-state index contributed by atoms with van der Waals surface area (Å²) in [5.41, 5.74) is 3.38. The molecule has 6 heteroatoms. The molecule has 0 saturated heterocycles. The molecule has 1 atom stereocenters. The van der Waals surface area contributed by atoms with E-state index in [4.69, 9.17) is 4.98 Å². The minimum Gasteiger partial charge on any atom is -0.503 e. The van der Waals surface area contributed by atoms with E-state index in [2.05, 4.69) is 4.98 Å². The average Bonchev–Trinajstić information content (AvgIpc) is 3.28. The number of aromatic nitrogens is 2. The fourth-order valence-electron chi connectivity index (χ4n) is 3.61. The van der Waals surface area contributed by atoms with Gasteiger partial charge in [0.15, 0.2) is 5.76 Å². The van der Waals surface area contributed by atoms with E-state index in [1.165, 1.54) is 11.3 Å². The van der Waals surface area contributed by atoms with E-state index >= 15 is 0 Å². The van der Waals surface area contributed by atoms with Crippen LogP contribution in [0.4, 0.5) is 5.82 Å². The number of aliphatic hydroxyl groups excluding tert-OH is 1. The van der Waals surface area contributed by atoms with Crippen LogP contribution in [0.25, 0.3) is 15.8 Å². The Morgan fingerprint density at radius 1 is 1.00 bits per heavy atom. The summed E-state index contributed by atoms with van der Waals surface area (Å²) in [5.74, 6) is -0.255. The highest BCUT2D eigenvalue weighted by molar-refractivity contribution is 7.19. The lowest BCUT2D eigenvalue weighted by molar-refractivity contribution is -0.117. The molecule has 142 valence electrons. The van der Waals surface area contributed by atoms with E-state index in [1.807, 2.05) is 61.5 Å². The first-order chi connectivity index (χ1) is 14.1. The number of carbonyl (C=O) groups is 1. The van der Waals surface area contributed by atoms with Crippen LogP contribution in [0.15, 0.2) is 78.7 Å². The Kier molecular flexibility index (Phi) is 4.14. The first kappa shape index (κ1) is 17.6. The Labute approximate surface area is 171 Å². The monoisotopic (exact) mass is 399 g/mol. The Bertz CT molecular complexity index is 1210. The number of amides is 1. The third-order valence-electron chi connectivity index (χ3n) is 5.02. The Morgan fingerprint density at radius 2 is 1.76 bits per heavy atom. The zero-order chi connectivity index (χ0) is 20.0. The molecule has 5 nitrogen and oxygen atoms in total. The molecule has 1 aliphatic rings. The highest BCUT2D eigenvalue weighted by atomic mass is 32.1. The van der Waals surface area contributed by atoms with Gasteiger partial charge in [-0.15, -0.1) is 11.3 Å². The van der Waals surface area contributed by atoms with Gasteiger partial charge in [-0.1, -0.05) is 48.0 Å². The van der Waals surface area contributed by atoms with Gasteiger partial charge in [0.1, 0.15) is 10.8 Å². The van der Waals surface area contributed by atoms with Gasteiger partial charge in [0.2, 0.25) is 0 Å². The summed E-state index contributed by atoms with van der Waals surface area (Å²) in [4.78, 5) is 23.7. The number of para-hydroxylation sites is 1. The van der Waals surface area contributed by atoms with E-state index in [1.54, 1.807) is 23.2 Å². The predicted octanol–water partition coefficient (Wildman–Crippen LogP) is 5.06. The Morgan fingerprint density at radius 3 is 2.48 bits per heavy atom. The van der Waals surface area contributed by atoms with Crippen LogP contribution in [0.2, 0.25) is 0 Å². The number of rotatable bonds is 3. The molecular formula is C23H17N3O2S. The van der Waals surface area contributed by atoms with Crippen molar-refractivity contribution in [3.8, 4) is 0 Å². The number of aliphatic hydroxyl groups is 1. The van der Waals surface area contributed by atoms with Crippen LogP contribution in [0, 0.1) is 6.92 Å². The van der Waals surface area contributed by atoms with E-state index in [-0.39, 0.29) is 5.76 Å². The first-order valence-corrected chi connectivity index (χ1v) is 10.1. The van der Waals surface area contributed by atoms with Crippen molar-refractivity contribution in [3.05, 3.63) is 94.8 Å². The zero-order valence-electron chi connectivity index (χ0n) is 15.6. The lowest BCUT2D eigenvalue weighted by Gasteiger charge is -2.25. The number of fused-ring (bicyclic) bond motifs is 1. The summed E-state index contributed by atoms with van der Waals surface area (Å²) in [5, 5.41) is 11.5. The maximum absolute atomic E-state index is 13.1. The number of aryl methyl sites for hydroxylation is 1. The number of carbonyl (C=O) groups excluding carboxylic acids is 1. The third kappa shape index (κ3) is 2.89. The number of pyridine rings is 1. The molecule has 1 N–H and O–H groups in total. The molecule has 3 heterocycles. The number of anilines is 1. The molecule has 4 aromatic rings. The molecule has 0 radical (unpaired) electrons. The molecule has 29 heavy (non-hydrogen) atoms. The number of nitrogens with zero attached hydrogens (tertiary/aromatic N) is 3. The summed E-state index contributed by atoms with van der Waals surface area (Å²) >= 11 is 1.47. The van der Waals surface area contributed by atoms with Gasteiger partial charge in [-0.2, -0.15) is 0 Å². The lowest BCUT2D eigenvalue weighted by Crippen LogP contribution is -2.30. The van der Waals surface area contributed by atoms with Gasteiger partial charge in [0.25, 0.3) is 5.91 Å². The van der Waals surface area contributed by atoms with Crippen LogP contribution < -0.4 is 4.90 Å². The minimum absolute atomic E-state index is 0.278. The summed E-state index contributed by atoms with van der Waals surface area (Å²) < 4.78 is 1.01. The van der Waals surface area contributed by atoms with E-state index < -0.39 is 11.9 Å². The van der Waals surface area contributed by atoms with Crippen LogP contribution in [0.3, 0.4) is 0 Å². The Hall–Kier alpha value is -3.51. The van der Waals surface area contributed by atoms with Crippen LogP contribution in [-0.2, 0) is 4.79 Å². The molecule has 2 aromatic carbocycles. The highest BCUT2D eigenvalue weighted by Gasteiger charge is 2.43. The van der Waals surface area contributed by atoms with Crippen molar-refractivity contribution in [2.24, 2.45) is 0 Å². The van der Waals surface area contributed by atoms with Gasteiger partial charge in [0, 0.05) is 6.20 Å². The topological polar surface area (TPSA) is 66.3 Å². The molecule has 1 amide bonds. The van der Waals surface area contributed by atoms with Crippen LogP contribution in [-0.4, -0.2) is 21.0 Å². The molecule has 1 aliphatic heterocycles. The summed E-state index contributed by atoms with van der Waals surface area (Å²) in [6.07, 6.45) is 1.64. The molecular weight excluding hydrogens is 382 g/mol. The summed E-state index contributed by atoms with van der Waals surface area (Å²) in [7, 11) is 0. The predicted molar refractivity (Wildman–Crippen MR) is 115 cm³/mol. The second-order valence-corrected chi connectivity index (χ2v) is 7.96. The first-order valence-electron chi connectivity index (χ1n) is 9.24. The largest absolute Gasteiger partial charge is 0.503 e. The fraction of sp³-hybridized carbons (Fsp3) is 0.0870. The number of benzene rings is 2. The molecule has 0 unspecified atom stereocenters. The van der Waals surface area contributed by atoms with Crippen molar-refractivity contribution in [2.45, 2.75) is 13.0 Å². The van der Waals surface area contributed by atoms with Gasteiger partial charge < -0.3 is 5.11 Å². The van der Waals surface area contributed by atoms with E-state index in [0.717, 1.165) is 21.3 Å². The van der Waals surface area contributed by atoms with Gasteiger partial charge in [-0.25, -0.2) is 9.97 Å². The quantitative estimate of drug-likeness (QED) is 0.523. The van der Waals surface area contributed by atoms with Crippen LogP contribution in [0.1, 0.15) is 22.2 Å². The summed E-state index contributed by atoms with van der Waals surface area (Å²) in [6.45, 7) is 2.02. The molecule has 0 fully saturated rings. The zero-order valence-corrected chi connectivity index (χ0v) is 16.4. The van der Waals surface area contributed by atoms with Crippen molar-refractivity contribution < 1.29 is 9.90 Å². The van der Waals surface area contributed by atoms with E-state index in [9.17, 15) is 9.90 Å². The van der Waals surface area contributed by atoms with Crippen molar-refractivity contribution in [2.75, 3.05) is 4.90 Å². The fourth-order valence-corrected chi connectivity index (χ4v) is 4.64. The van der Waals surface area contributed by atoms with Gasteiger partial charge in [0.05, 0.1) is 21.8 Å². The average molecular weight is 399 g/mol. The second kappa shape index (κ2) is 6.83. The number of thiazole rings is 1. The van der Waals surface area contributed by atoms with Crippen molar-refractivity contribution in [1.29, 1.82) is 0 Å². The maximum atomic E-state index is 13.1. The standard InChI is InChI=1S/C23H17N3O2S/c1-14-9-11-15(12-10-14)20-19(22-25-16-6-2-3-7-17(16)29-22)21(27)23(28)26(20)18-8-4-5-13-24-18/h2-13,20,27H,1H3/t20-/m0/s1. The SMILES string of the molecule is Cc1ccc([C@H]2C(c3nc4ccccc4s3)=C(O)C(=O)N2c2ccccn2)cc1. The van der Waals surface area contributed by atoms with Crippen molar-refractivity contribution in [1.82, 2.24) is 9.97 Å². The van der Waals surface area contributed by atoms with E-state index in [0.29, 0.717) is 16.4 Å². The number of hydrogen-bond acceptors (Lipinski definition) is 5. The smallest absolute Gasteiger partial charge is 0.295 e. The lowest BCUT2D eigenvalue weighted by atomic mass is 9.98. The second-order valence-electron chi connectivity index (χ2n) is 6.93. The third-order valence-corrected chi connectivity index (χ3v) is 6.09. The minimum atomic E-state index is -0.501. The van der Waals surface area contributed by atoms with Gasteiger partial charge in [-0.3, -0.25) is 9.69 Å². The molecule has 0 spiro atoms.